The van der Waals surface area contributed by atoms with Gasteiger partial charge in [0.15, 0.2) is 0 Å². The van der Waals surface area contributed by atoms with Crippen LogP contribution in [-0.2, 0) is 6.54 Å². The maximum atomic E-state index is 13.0. The molecule has 0 spiro atoms. The van der Waals surface area contributed by atoms with Gasteiger partial charge in [-0.15, -0.1) is 0 Å². The molecule has 1 aliphatic heterocycles. The highest BCUT2D eigenvalue weighted by Crippen LogP contribution is 2.38. The smallest absolute Gasteiger partial charge is 0.270 e. The molecule has 156 valence electrons. The number of aromatic amines is 1. The van der Waals surface area contributed by atoms with Crippen molar-refractivity contribution in [2.75, 3.05) is 20.2 Å². The van der Waals surface area contributed by atoms with Crippen LogP contribution in [0.1, 0.15) is 47.8 Å². The van der Waals surface area contributed by atoms with Crippen molar-refractivity contribution in [2.45, 2.75) is 38.1 Å². The number of fused-ring (bicyclic) bond motifs is 1. The summed E-state index contributed by atoms with van der Waals surface area (Å²) in [5.74, 6) is 1.68. The zero-order valence-electron chi connectivity index (χ0n) is 17.1. The summed E-state index contributed by atoms with van der Waals surface area (Å²) in [6, 6.07) is 11.2. The molecule has 1 N–H and O–H groups in total. The number of ether oxygens (including phenoxy) is 1. The Balaban J connectivity index is 1.23. The maximum Gasteiger partial charge on any atom is 0.270 e. The number of hydrogen-bond acceptors (Lipinski definition) is 4. The third-order valence-corrected chi connectivity index (χ3v) is 6.28. The molecule has 0 atom stereocenters. The number of carbonyl (C=O) groups excluding carboxylic acids is 1. The highest BCUT2D eigenvalue weighted by molar-refractivity contribution is 5.98. The van der Waals surface area contributed by atoms with Gasteiger partial charge in [-0.2, -0.15) is 5.10 Å². The summed E-state index contributed by atoms with van der Waals surface area (Å²) in [6.45, 7) is 2.02. The van der Waals surface area contributed by atoms with Crippen molar-refractivity contribution in [2.24, 2.45) is 5.92 Å². The van der Waals surface area contributed by atoms with Crippen molar-refractivity contribution in [1.82, 2.24) is 19.7 Å². The molecular weight excluding hydrogens is 380 g/mol. The lowest BCUT2D eigenvalue weighted by Gasteiger charge is -2.31. The Kier molecular flexibility index (Phi) is 4.81. The van der Waals surface area contributed by atoms with Gasteiger partial charge in [0.2, 0.25) is 0 Å². The summed E-state index contributed by atoms with van der Waals surface area (Å²) in [5.41, 5.74) is 2.50. The molecule has 2 aromatic heterocycles. The van der Waals surface area contributed by atoms with Crippen molar-refractivity contribution in [3.63, 3.8) is 0 Å². The first-order chi connectivity index (χ1) is 14.6. The lowest BCUT2D eigenvalue weighted by Crippen LogP contribution is -2.40. The summed E-state index contributed by atoms with van der Waals surface area (Å²) in [7, 11) is 1.63. The number of benzene rings is 1. The Morgan fingerprint density at radius 3 is 2.67 bits per heavy atom. The molecule has 3 aromatic rings. The van der Waals surface area contributed by atoms with Crippen molar-refractivity contribution in [3.8, 4) is 5.75 Å². The summed E-state index contributed by atoms with van der Waals surface area (Å²) in [5, 5.41) is 5.57. The predicted molar refractivity (Wildman–Crippen MR) is 114 cm³/mol. The van der Waals surface area contributed by atoms with Crippen molar-refractivity contribution >= 4 is 16.8 Å². The average molecular weight is 406 g/mol. The Labute approximate surface area is 174 Å². The number of methoxy groups -OCH3 is 1. The van der Waals surface area contributed by atoms with Crippen LogP contribution in [0.5, 0.6) is 5.75 Å². The van der Waals surface area contributed by atoms with Gasteiger partial charge < -0.3 is 14.6 Å². The van der Waals surface area contributed by atoms with E-state index in [2.05, 4.69) is 10.1 Å². The fourth-order valence-corrected chi connectivity index (χ4v) is 4.27. The number of likely N-dealkylation sites (tertiary alicyclic amines) is 1. The molecule has 30 heavy (non-hydrogen) atoms. The van der Waals surface area contributed by atoms with Crippen LogP contribution >= 0.6 is 0 Å². The minimum Gasteiger partial charge on any atom is -0.497 e. The number of amides is 1. The topological polar surface area (TPSA) is 80.2 Å². The molecule has 1 aromatic carbocycles. The number of H-pyrrole nitrogens is 1. The largest absolute Gasteiger partial charge is 0.497 e. The molecule has 2 fully saturated rings. The molecule has 3 heterocycles. The van der Waals surface area contributed by atoms with E-state index in [-0.39, 0.29) is 11.5 Å². The van der Waals surface area contributed by atoms with Gasteiger partial charge in [-0.3, -0.25) is 9.59 Å². The van der Waals surface area contributed by atoms with E-state index >= 15 is 0 Å². The molecule has 2 aliphatic rings. The second kappa shape index (κ2) is 7.63. The first kappa shape index (κ1) is 18.9. The molecule has 7 nitrogen and oxygen atoms in total. The van der Waals surface area contributed by atoms with E-state index in [1.165, 1.54) is 12.8 Å². The number of aromatic nitrogens is 3. The Hall–Kier alpha value is -3.09. The average Bonchev–Trinajstić information content (AvgIpc) is 3.53. The first-order valence-corrected chi connectivity index (χ1v) is 10.6. The van der Waals surface area contributed by atoms with E-state index in [0.29, 0.717) is 37.2 Å². The third-order valence-electron chi connectivity index (χ3n) is 6.28. The zero-order chi connectivity index (χ0) is 20.7. The first-order valence-electron chi connectivity index (χ1n) is 10.6. The van der Waals surface area contributed by atoms with Crippen LogP contribution in [0.2, 0.25) is 0 Å². The van der Waals surface area contributed by atoms with E-state index in [1.807, 2.05) is 35.2 Å². The molecule has 5 rings (SSSR count). The molecule has 7 heteroatoms. The number of nitrogens with one attached hydrogen (secondary N) is 1. The van der Waals surface area contributed by atoms with E-state index < -0.39 is 0 Å². The van der Waals surface area contributed by atoms with Crippen LogP contribution in [0.4, 0.5) is 0 Å². The monoisotopic (exact) mass is 406 g/mol. The minimum atomic E-state index is -0.0357. The Bertz CT molecular complexity index is 1140. The van der Waals surface area contributed by atoms with Crippen molar-refractivity contribution in [3.05, 3.63) is 58.1 Å². The maximum absolute atomic E-state index is 13.0. The molecule has 0 bridgehead atoms. The number of nitrogens with zero attached hydrogens (tertiary/aromatic N) is 3. The number of carbonyl (C=O) groups is 1. The molecule has 1 amide bonds. The van der Waals surface area contributed by atoms with Crippen LogP contribution in [0.3, 0.4) is 0 Å². The predicted octanol–water partition coefficient (Wildman–Crippen LogP) is 3.16. The molecular formula is C23H26N4O3. The summed E-state index contributed by atoms with van der Waals surface area (Å²) < 4.78 is 6.88. The van der Waals surface area contributed by atoms with Crippen molar-refractivity contribution in [1.29, 1.82) is 0 Å². The van der Waals surface area contributed by atoms with Gasteiger partial charge >= 0.3 is 0 Å². The fourth-order valence-electron chi connectivity index (χ4n) is 4.27. The highest BCUT2D eigenvalue weighted by atomic mass is 16.5. The Morgan fingerprint density at radius 2 is 1.93 bits per heavy atom. The van der Waals surface area contributed by atoms with E-state index in [1.54, 1.807) is 17.9 Å². The quantitative estimate of drug-likeness (QED) is 0.706. The molecule has 1 saturated carbocycles. The van der Waals surface area contributed by atoms with Crippen LogP contribution in [0.25, 0.3) is 10.9 Å². The summed E-state index contributed by atoms with van der Waals surface area (Å²) in [6.07, 6.45) is 4.10. The Morgan fingerprint density at radius 1 is 1.13 bits per heavy atom. The lowest BCUT2D eigenvalue weighted by atomic mass is 9.96. The van der Waals surface area contributed by atoms with Gasteiger partial charge in [0, 0.05) is 48.6 Å². The number of rotatable bonds is 5. The zero-order valence-corrected chi connectivity index (χ0v) is 17.1. The van der Waals surface area contributed by atoms with Gasteiger partial charge in [-0.05, 0) is 55.9 Å². The second-order valence-corrected chi connectivity index (χ2v) is 8.42. The van der Waals surface area contributed by atoms with Crippen molar-refractivity contribution < 1.29 is 9.53 Å². The van der Waals surface area contributed by atoms with Gasteiger partial charge in [-0.25, -0.2) is 4.68 Å². The number of hydrogen-bond donors (Lipinski definition) is 1. The van der Waals surface area contributed by atoms with Gasteiger partial charge in [0.1, 0.15) is 11.4 Å². The lowest BCUT2D eigenvalue weighted by molar-refractivity contribution is 0.0675. The number of piperidine rings is 1. The van der Waals surface area contributed by atoms with Crippen LogP contribution in [0.15, 0.2) is 41.2 Å². The minimum absolute atomic E-state index is 0.0228. The molecule has 1 saturated heterocycles. The molecule has 1 aliphatic carbocycles. The van der Waals surface area contributed by atoms with Crippen LogP contribution in [-0.4, -0.2) is 45.8 Å². The second-order valence-electron chi connectivity index (χ2n) is 8.42. The van der Waals surface area contributed by atoms with E-state index in [0.717, 1.165) is 35.2 Å². The third kappa shape index (κ3) is 3.72. The van der Waals surface area contributed by atoms with Crippen LogP contribution in [0, 0.1) is 5.92 Å². The summed E-state index contributed by atoms with van der Waals surface area (Å²) >= 11 is 0. The van der Waals surface area contributed by atoms with Gasteiger partial charge in [0.05, 0.1) is 12.8 Å². The highest BCUT2D eigenvalue weighted by Gasteiger charge is 2.27. The molecule has 0 unspecified atom stereocenters. The normalized spacial score (nSPS) is 17.4. The van der Waals surface area contributed by atoms with Gasteiger partial charge in [-0.1, -0.05) is 0 Å². The van der Waals surface area contributed by atoms with Gasteiger partial charge in [0.25, 0.3) is 11.5 Å². The van der Waals surface area contributed by atoms with Crippen LogP contribution < -0.4 is 10.3 Å². The fraction of sp³-hybridized carbons (Fsp3) is 0.435. The standard InChI is InChI=1S/C23H26N4O3/c1-30-18-5-4-17-12-21(24-20(17)13-18)23(29)26-10-8-15(9-11-26)14-27-22(28)7-6-19(25-27)16-2-3-16/h4-7,12-13,15-16,24H,2-3,8-11,14H2,1H3. The van der Waals surface area contributed by atoms with E-state index in [9.17, 15) is 9.59 Å². The summed E-state index contributed by atoms with van der Waals surface area (Å²) in [4.78, 5) is 30.3. The molecule has 0 radical (unpaired) electrons. The van der Waals surface area contributed by atoms with E-state index in [4.69, 9.17) is 4.74 Å². The SMILES string of the molecule is COc1ccc2cc(C(=O)N3CCC(Cn4nc(C5CC5)ccc4=O)CC3)[nH]c2c1.